The molecule has 9 heavy (non-hydrogen) atoms. The molecule has 0 aromatic rings. The summed E-state index contributed by atoms with van der Waals surface area (Å²) in [5, 5.41) is 16.6. The van der Waals surface area contributed by atoms with Gasteiger partial charge in [-0.2, -0.15) is 0 Å². The average molecular weight is 133 g/mol. The van der Waals surface area contributed by atoms with Gasteiger partial charge < -0.3 is 10.3 Å². The summed E-state index contributed by atoms with van der Waals surface area (Å²) in [6.45, 7) is 2.90. The van der Waals surface area contributed by atoms with Crippen molar-refractivity contribution in [2.75, 3.05) is 13.2 Å². The molecule has 0 radical (unpaired) electrons. The van der Waals surface area contributed by atoms with Gasteiger partial charge in [0, 0.05) is 13.2 Å². The van der Waals surface area contributed by atoms with E-state index >= 15 is 0 Å². The molecule has 0 spiro atoms. The molecule has 1 unspecified atom stereocenters. The lowest BCUT2D eigenvalue weighted by molar-refractivity contribution is 0.156. The van der Waals surface area contributed by atoms with Crippen LogP contribution in [0.25, 0.3) is 0 Å². The Morgan fingerprint density at radius 2 is 2.11 bits per heavy atom. The molecule has 0 aromatic heterocycles. The largest absolute Gasteiger partial charge is 0.396 e. The Morgan fingerprint density at radius 1 is 1.44 bits per heavy atom. The van der Waals surface area contributed by atoms with Crippen LogP contribution in [-0.4, -0.2) is 23.5 Å². The maximum Gasteiger partial charge on any atom is 0.0433 e. The van der Waals surface area contributed by atoms with Crippen molar-refractivity contribution in [3.63, 3.8) is 0 Å². The van der Waals surface area contributed by atoms with E-state index in [-0.39, 0.29) is 6.61 Å². The third kappa shape index (κ3) is 5.76. The number of hydrogen-bond acceptors (Lipinski definition) is 3. The highest BCUT2D eigenvalue weighted by Gasteiger charge is 1.98. The van der Waals surface area contributed by atoms with Crippen LogP contribution in [0.15, 0.2) is 0 Å². The molecule has 0 bridgehead atoms. The first kappa shape index (κ1) is 8.88. The first-order valence-corrected chi connectivity index (χ1v) is 3.29. The second kappa shape index (κ2) is 6.01. The second-order valence-corrected chi connectivity index (χ2v) is 2.31. The Morgan fingerprint density at radius 3 is 2.56 bits per heavy atom. The predicted molar refractivity (Wildman–Crippen MR) is 35.3 cm³/mol. The van der Waals surface area contributed by atoms with E-state index in [0.29, 0.717) is 12.5 Å². The monoisotopic (exact) mass is 133 g/mol. The average Bonchev–Trinajstić information content (AvgIpc) is 1.85. The zero-order valence-corrected chi connectivity index (χ0v) is 5.80. The van der Waals surface area contributed by atoms with E-state index < -0.39 is 0 Å². The normalized spacial score (nSPS) is 13.7. The number of nitrogens with one attached hydrogen (secondary N) is 1. The van der Waals surface area contributed by atoms with Crippen molar-refractivity contribution in [3.8, 4) is 0 Å². The standard InChI is InChI=1S/C6H15NO2/c1-6(3-5-8)2-4-7-9/h6-9H,2-5H2,1H3. The van der Waals surface area contributed by atoms with E-state index in [1.54, 1.807) is 0 Å². The van der Waals surface area contributed by atoms with Crippen molar-refractivity contribution in [2.24, 2.45) is 5.92 Å². The molecule has 0 saturated heterocycles. The van der Waals surface area contributed by atoms with Crippen LogP contribution < -0.4 is 5.48 Å². The fourth-order valence-corrected chi connectivity index (χ4v) is 0.676. The van der Waals surface area contributed by atoms with Gasteiger partial charge >= 0.3 is 0 Å². The molecule has 56 valence electrons. The maximum absolute atomic E-state index is 8.45. The van der Waals surface area contributed by atoms with Crippen molar-refractivity contribution < 1.29 is 10.3 Å². The summed E-state index contributed by atoms with van der Waals surface area (Å²) in [5.41, 5.74) is 2.08. The topological polar surface area (TPSA) is 52.5 Å². The van der Waals surface area contributed by atoms with Crippen LogP contribution in [0, 0.1) is 5.92 Å². The predicted octanol–water partition coefficient (Wildman–Crippen LogP) is 0.374. The summed E-state index contributed by atoms with van der Waals surface area (Å²) < 4.78 is 0. The van der Waals surface area contributed by atoms with Gasteiger partial charge in [0.25, 0.3) is 0 Å². The molecule has 0 heterocycles. The van der Waals surface area contributed by atoms with Crippen LogP contribution in [0.1, 0.15) is 19.8 Å². The Balaban J connectivity index is 2.95. The van der Waals surface area contributed by atoms with Crippen molar-refractivity contribution in [2.45, 2.75) is 19.8 Å². The molecule has 0 saturated carbocycles. The van der Waals surface area contributed by atoms with Gasteiger partial charge in [-0.15, -0.1) is 0 Å². The summed E-state index contributed by atoms with van der Waals surface area (Å²) in [5.74, 6) is 0.495. The zero-order chi connectivity index (χ0) is 7.11. The number of rotatable bonds is 5. The summed E-state index contributed by atoms with van der Waals surface area (Å²) in [6.07, 6.45) is 1.73. The van der Waals surface area contributed by atoms with E-state index in [4.69, 9.17) is 10.3 Å². The summed E-state index contributed by atoms with van der Waals surface area (Å²) >= 11 is 0. The van der Waals surface area contributed by atoms with Crippen LogP contribution in [0.4, 0.5) is 0 Å². The van der Waals surface area contributed by atoms with E-state index in [1.807, 2.05) is 6.92 Å². The Kier molecular flexibility index (Phi) is 5.93. The number of aliphatic hydroxyl groups is 1. The van der Waals surface area contributed by atoms with Gasteiger partial charge in [-0.3, -0.25) is 0 Å². The molecular weight excluding hydrogens is 118 g/mol. The fourth-order valence-electron chi connectivity index (χ4n) is 0.676. The minimum atomic E-state index is 0.243. The lowest BCUT2D eigenvalue weighted by Gasteiger charge is -2.06. The lowest BCUT2D eigenvalue weighted by Crippen LogP contribution is -2.12. The summed E-state index contributed by atoms with van der Waals surface area (Å²) in [7, 11) is 0. The van der Waals surface area contributed by atoms with Crippen LogP contribution >= 0.6 is 0 Å². The van der Waals surface area contributed by atoms with Gasteiger partial charge in [-0.25, -0.2) is 5.48 Å². The first-order valence-electron chi connectivity index (χ1n) is 3.29. The SMILES string of the molecule is CC(CCO)CCNO. The molecule has 1 atom stereocenters. The van der Waals surface area contributed by atoms with Gasteiger partial charge in [0.05, 0.1) is 0 Å². The van der Waals surface area contributed by atoms with Crippen molar-refractivity contribution >= 4 is 0 Å². The number of hydroxylamine groups is 1. The zero-order valence-electron chi connectivity index (χ0n) is 5.80. The fraction of sp³-hybridized carbons (Fsp3) is 1.00. The minimum Gasteiger partial charge on any atom is -0.396 e. The van der Waals surface area contributed by atoms with Crippen molar-refractivity contribution in [3.05, 3.63) is 0 Å². The quantitative estimate of drug-likeness (QED) is 0.475. The second-order valence-electron chi connectivity index (χ2n) is 2.31. The third-order valence-electron chi connectivity index (χ3n) is 1.37. The van der Waals surface area contributed by atoms with Crippen LogP contribution in [0.3, 0.4) is 0 Å². The summed E-state index contributed by atoms with van der Waals surface area (Å²) in [6, 6.07) is 0. The van der Waals surface area contributed by atoms with Gasteiger partial charge in [0.2, 0.25) is 0 Å². The van der Waals surface area contributed by atoms with E-state index in [1.165, 1.54) is 0 Å². The van der Waals surface area contributed by atoms with Crippen molar-refractivity contribution in [1.82, 2.24) is 5.48 Å². The molecule has 3 N–H and O–H groups in total. The van der Waals surface area contributed by atoms with Gasteiger partial charge in [-0.1, -0.05) is 6.92 Å². The van der Waals surface area contributed by atoms with Crippen LogP contribution in [0.5, 0.6) is 0 Å². The highest BCUT2D eigenvalue weighted by molar-refractivity contribution is 4.51. The summed E-state index contributed by atoms with van der Waals surface area (Å²) in [4.78, 5) is 0. The first-order chi connectivity index (χ1) is 4.31. The Bertz CT molecular complexity index is 59.0. The van der Waals surface area contributed by atoms with Crippen LogP contribution in [-0.2, 0) is 0 Å². The molecule has 0 aliphatic heterocycles. The van der Waals surface area contributed by atoms with E-state index in [0.717, 1.165) is 12.8 Å². The maximum atomic E-state index is 8.45. The van der Waals surface area contributed by atoms with E-state index in [2.05, 4.69) is 5.48 Å². The van der Waals surface area contributed by atoms with Crippen molar-refractivity contribution in [1.29, 1.82) is 0 Å². The Labute approximate surface area is 55.7 Å². The highest BCUT2D eigenvalue weighted by atomic mass is 16.5. The molecule has 0 aliphatic carbocycles. The van der Waals surface area contributed by atoms with Gasteiger partial charge in [-0.05, 0) is 18.8 Å². The Hall–Kier alpha value is -0.120. The number of aliphatic hydroxyl groups excluding tert-OH is 1. The molecule has 0 fully saturated rings. The lowest BCUT2D eigenvalue weighted by atomic mass is 10.1. The number of hydrogen-bond donors (Lipinski definition) is 3. The molecule has 3 heteroatoms. The van der Waals surface area contributed by atoms with E-state index in [9.17, 15) is 0 Å². The van der Waals surface area contributed by atoms with Crippen LogP contribution in [0.2, 0.25) is 0 Å². The molecular formula is C6H15NO2. The molecule has 0 aromatic carbocycles. The third-order valence-corrected chi connectivity index (χ3v) is 1.37. The van der Waals surface area contributed by atoms with Gasteiger partial charge in [0.1, 0.15) is 0 Å². The molecule has 0 amide bonds. The smallest absolute Gasteiger partial charge is 0.0433 e. The molecule has 0 aliphatic rings. The molecule has 0 rings (SSSR count). The van der Waals surface area contributed by atoms with Gasteiger partial charge in [0.15, 0.2) is 0 Å². The highest BCUT2D eigenvalue weighted by Crippen LogP contribution is 2.03. The minimum absolute atomic E-state index is 0.243. The molecule has 3 nitrogen and oxygen atoms in total.